The number of ether oxygens (including phenoxy) is 2. The smallest absolute Gasteiger partial charge is 0.416 e. The molecule has 0 heterocycles. The number of alkyl halides is 3. The first kappa shape index (κ1) is 18.8. The van der Waals surface area contributed by atoms with Crippen LogP contribution < -0.4 is 10.1 Å². The molecule has 2 rings (SSSR count). The van der Waals surface area contributed by atoms with Gasteiger partial charge in [-0.15, -0.1) is 0 Å². The zero-order chi connectivity index (χ0) is 18.4. The highest BCUT2D eigenvalue weighted by atomic mass is 19.4. The molecular weight excluding hydrogens is 335 g/mol. The number of benzene rings is 2. The van der Waals surface area contributed by atoms with Crippen LogP contribution in [-0.4, -0.2) is 26.2 Å². The minimum absolute atomic E-state index is 0.0774. The van der Waals surface area contributed by atoms with Crippen molar-refractivity contribution < 1.29 is 27.4 Å². The van der Waals surface area contributed by atoms with Crippen LogP contribution in [0.5, 0.6) is 5.75 Å². The zero-order valence-electron chi connectivity index (χ0n) is 13.8. The number of aryl methyl sites for hydroxylation is 1. The number of anilines is 1. The maximum absolute atomic E-state index is 13.0. The maximum atomic E-state index is 13.0. The van der Waals surface area contributed by atoms with Gasteiger partial charge in [0.15, 0.2) is 0 Å². The molecule has 7 heteroatoms. The highest BCUT2D eigenvalue weighted by molar-refractivity contribution is 6.04. The van der Waals surface area contributed by atoms with E-state index in [0.29, 0.717) is 19.0 Å². The Kier molecular flexibility index (Phi) is 6.03. The molecule has 0 saturated carbocycles. The molecule has 0 saturated heterocycles. The van der Waals surface area contributed by atoms with Crippen LogP contribution in [0.2, 0.25) is 0 Å². The van der Waals surface area contributed by atoms with Crippen LogP contribution >= 0.6 is 0 Å². The van der Waals surface area contributed by atoms with Crippen LogP contribution in [0.3, 0.4) is 0 Å². The van der Waals surface area contributed by atoms with E-state index in [4.69, 9.17) is 9.47 Å². The lowest BCUT2D eigenvalue weighted by molar-refractivity contribution is -0.138. The van der Waals surface area contributed by atoms with E-state index >= 15 is 0 Å². The minimum Gasteiger partial charge on any atom is -0.491 e. The van der Waals surface area contributed by atoms with Crippen LogP contribution in [0, 0.1) is 6.92 Å². The Morgan fingerprint density at radius 1 is 1.12 bits per heavy atom. The molecule has 0 fully saturated rings. The van der Waals surface area contributed by atoms with Crippen molar-refractivity contribution in [2.45, 2.75) is 13.1 Å². The lowest BCUT2D eigenvalue weighted by atomic mass is 10.1. The highest BCUT2D eigenvalue weighted by Crippen LogP contribution is 2.33. The Bertz CT molecular complexity index is 745. The third-order valence-electron chi connectivity index (χ3n) is 3.45. The standard InChI is InChI=1S/C18H18F3NO3/c1-12-6-7-14(11-16(12)18(19,20)21)22-17(23)13-4-3-5-15(10-13)25-9-8-24-2/h3-7,10-11H,8-9H2,1-2H3,(H,22,23). The van der Waals surface area contributed by atoms with Gasteiger partial charge in [-0.1, -0.05) is 12.1 Å². The first-order valence-electron chi connectivity index (χ1n) is 7.52. The molecule has 1 N–H and O–H groups in total. The predicted molar refractivity (Wildman–Crippen MR) is 87.9 cm³/mol. The quantitative estimate of drug-likeness (QED) is 0.788. The molecule has 4 nitrogen and oxygen atoms in total. The first-order valence-corrected chi connectivity index (χ1v) is 7.52. The molecule has 0 spiro atoms. The first-order chi connectivity index (χ1) is 11.8. The molecule has 0 bridgehead atoms. The predicted octanol–water partition coefficient (Wildman–Crippen LogP) is 4.29. The molecule has 2 aromatic carbocycles. The van der Waals surface area contributed by atoms with Gasteiger partial charge < -0.3 is 14.8 Å². The second-order valence-electron chi connectivity index (χ2n) is 5.35. The second-order valence-corrected chi connectivity index (χ2v) is 5.35. The average Bonchev–Trinajstić information content (AvgIpc) is 2.56. The third kappa shape index (κ3) is 5.22. The average molecular weight is 353 g/mol. The highest BCUT2D eigenvalue weighted by Gasteiger charge is 2.32. The van der Waals surface area contributed by atoms with E-state index in [9.17, 15) is 18.0 Å². The molecule has 0 unspecified atom stereocenters. The summed E-state index contributed by atoms with van der Waals surface area (Å²) < 4.78 is 49.1. The molecule has 0 radical (unpaired) electrons. The number of hydrogen-bond acceptors (Lipinski definition) is 3. The lowest BCUT2D eigenvalue weighted by Gasteiger charge is -2.13. The van der Waals surface area contributed by atoms with Crippen molar-refractivity contribution in [1.29, 1.82) is 0 Å². The molecule has 1 amide bonds. The molecule has 0 aliphatic heterocycles. The maximum Gasteiger partial charge on any atom is 0.416 e. The summed E-state index contributed by atoms with van der Waals surface area (Å²) in [4.78, 5) is 12.3. The van der Waals surface area contributed by atoms with Gasteiger partial charge in [-0.05, 0) is 42.8 Å². The fourth-order valence-corrected chi connectivity index (χ4v) is 2.18. The number of rotatable bonds is 6. The number of nitrogens with one attached hydrogen (secondary N) is 1. The summed E-state index contributed by atoms with van der Waals surface area (Å²) in [5.74, 6) is -0.0428. The van der Waals surface area contributed by atoms with Crippen molar-refractivity contribution in [3.63, 3.8) is 0 Å². The number of hydrogen-bond donors (Lipinski definition) is 1. The Labute approximate surface area is 143 Å². The van der Waals surface area contributed by atoms with Crippen molar-refractivity contribution in [1.82, 2.24) is 0 Å². The topological polar surface area (TPSA) is 47.6 Å². The summed E-state index contributed by atoms with van der Waals surface area (Å²) in [5, 5.41) is 2.47. The summed E-state index contributed by atoms with van der Waals surface area (Å²) in [6.45, 7) is 2.10. The van der Waals surface area contributed by atoms with Crippen LogP contribution in [-0.2, 0) is 10.9 Å². The van der Waals surface area contributed by atoms with E-state index in [0.717, 1.165) is 6.07 Å². The normalized spacial score (nSPS) is 11.2. The molecule has 0 aliphatic rings. The van der Waals surface area contributed by atoms with Crippen molar-refractivity contribution >= 4 is 11.6 Å². The van der Waals surface area contributed by atoms with Crippen molar-refractivity contribution in [2.24, 2.45) is 0 Å². The van der Waals surface area contributed by atoms with Crippen LogP contribution in [0.4, 0.5) is 18.9 Å². The lowest BCUT2D eigenvalue weighted by Crippen LogP contribution is -2.14. The number of amides is 1. The summed E-state index contributed by atoms with van der Waals surface area (Å²) in [6.07, 6.45) is -4.47. The van der Waals surface area contributed by atoms with E-state index in [-0.39, 0.29) is 16.8 Å². The SMILES string of the molecule is COCCOc1cccc(C(=O)Nc2ccc(C)c(C(F)(F)F)c2)c1. The van der Waals surface area contributed by atoms with Crippen LogP contribution in [0.1, 0.15) is 21.5 Å². The molecule has 0 atom stereocenters. The van der Waals surface area contributed by atoms with Gasteiger partial charge in [0.1, 0.15) is 12.4 Å². The van der Waals surface area contributed by atoms with Gasteiger partial charge in [-0.25, -0.2) is 0 Å². The number of carbonyl (C=O) groups excluding carboxylic acids is 1. The molecule has 0 aliphatic carbocycles. The van der Waals surface area contributed by atoms with Crippen molar-refractivity contribution in [3.8, 4) is 5.75 Å². The summed E-state index contributed by atoms with van der Waals surface area (Å²) in [5.41, 5.74) is -0.321. The fraction of sp³-hybridized carbons (Fsp3) is 0.278. The number of methoxy groups -OCH3 is 1. The Morgan fingerprint density at radius 2 is 1.88 bits per heavy atom. The molecule has 0 aromatic heterocycles. The van der Waals surface area contributed by atoms with Crippen LogP contribution in [0.25, 0.3) is 0 Å². The van der Waals surface area contributed by atoms with Gasteiger partial charge in [0.05, 0.1) is 12.2 Å². The monoisotopic (exact) mass is 353 g/mol. The molecule has 25 heavy (non-hydrogen) atoms. The minimum atomic E-state index is -4.47. The molecule has 2 aromatic rings. The Morgan fingerprint density at radius 3 is 2.56 bits per heavy atom. The molecular formula is C18H18F3NO3. The van der Waals surface area contributed by atoms with E-state index in [1.54, 1.807) is 25.3 Å². The Balaban J connectivity index is 2.13. The van der Waals surface area contributed by atoms with Crippen LogP contribution in [0.15, 0.2) is 42.5 Å². The fourth-order valence-electron chi connectivity index (χ4n) is 2.18. The van der Waals surface area contributed by atoms with Crippen molar-refractivity contribution in [2.75, 3.05) is 25.6 Å². The van der Waals surface area contributed by atoms with E-state index in [1.807, 2.05) is 0 Å². The van der Waals surface area contributed by atoms with E-state index in [1.165, 1.54) is 25.1 Å². The van der Waals surface area contributed by atoms with Gasteiger partial charge in [0, 0.05) is 18.4 Å². The van der Waals surface area contributed by atoms with E-state index < -0.39 is 17.6 Å². The zero-order valence-corrected chi connectivity index (χ0v) is 13.8. The van der Waals surface area contributed by atoms with E-state index in [2.05, 4.69) is 5.32 Å². The van der Waals surface area contributed by atoms with Gasteiger partial charge >= 0.3 is 6.18 Å². The Hall–Kier alpha value is -2.54. The second kappa shape index (κ2) is 8.02. The summed E-state index contributed by atoms with van der Waals surface area (Å²) in [7, 11) is 1.55. The van der Waals surface area contributed by atoms with Gasteiger partial charge in [-0.2, -0.15) is 13.2 Å². The van der Waals surface area contributed by atoms with Crippen molar-refractivity contribution in [3.05, 3.63) is 59.2 Å². The number of carbonyl (C=O) groups is 1. The number of halogens is 3. The summed E-state index contributed by atoms with van der Waals surface area (Å²) in [6, 6.07) is 10.1. The largest absolute Gasteiger partial charge is 0.491 e. The molecule has 134 valence electrons. The van der Waals surface area contributed by atoms with Gasteiger partial charge in [-0.3, -0.25) is 4.79 Å². The van der Waals surface area contributed by atoms with Gasteiger partial charge in [0.25, 0.3) is 5.91 Å². The third-order valence-corrected chi connectivity index (χ3v) is 3.45. The summed E-state index contributed by atoms with van der Waals surface area (Å²) >= 11 is 0. The van der Waals surface area contributed by atoms with Gasteiger partial charge in [0.2, 0.25) is 0 Å².